The van der Waals surface area contributed by atoms with Crippen LogP contribution in [0.5, 0.6) is 0 Å². The normalized spacial score (nSPS) is 18.0. The van der Waals surface area contributed by atoms with Crippen LogP contribution in [0.15, 0.2) is 46.2 Å². The van der Waals surface area contributed by atoms with Crippen molar-refractivity contribution in [2.24, 2.45) is 0 Å². The number of sulfonamides is 1. The van der Waals surface area contributed by atoms with Crippen LogP contribution in [0.1, 0.15) is 5.56 Å². The summed E-state index contributed by atoms with van der Waals surface area (Å²) < 4.78 is 43.6. The number of carbonyl (C=O) groups excluding carboxylic acids is 2. The van der Waals surface area contributed by atoms with E-state index in [1.54, 1.807) is 0 Å². The molecule has 2 aliphatic heterocycles. The van der Waals surface area contributed by atoms with Crippen LogP contribution >= 0.6 is 23.1 Å². The van der Waals surface area contributed by atoms with Crippen LogP contribution in [0.4, 0.5) is 20.0 Å². The number of nitrogens with one attached hydrogen (secondary N) is 3. The number of imide groups is 1. The topological polar surface area (TPSA) is 120 Å². The predicted octanol–water partition coefficient (Wildman–Crippen LogP) is 2.97. The molecule has 3 heterocycles. The second kappa shape index (κ2) is 8.98. The van der Waals surface area contributed by atoms with Gasteiger partial charge in [0.2, 0.25) is 0 Å². The average molecular weight is 520 g/mol. The lowest BCUT2D eigenvalue weighted by Gasteiger charge is -2.29. The van der Waals surface area contributed by atoms with E-state index in [9.17, 15) is 22.4 Å². The van der Waals surface area contributed by atoms with Gasteiger partial charge in [0.15, 0.2) is 5.13 Å². The molecule has 0 atom stereocenters. The van der Waals surface area contributed by atoms with Gasteiger partial charge < -0.3 is 10.2 Å². The SMILES string of the molecule is O=C1NC(=O)/C(=C/c2ccc(S(=O)(=O)Nc3nc4ccc(F)c(N5CCNCC5)c4s3)cc2)S1. The van der Waals surface area contributed by atoms with Crippen LogP contribution in [-0.2, 0) is 14.8 Å². The molecule has 0 saturated carbocycles. The lowest BCUT2D eigenvalue weighted by molar-refractivity contribution is -0.115. The number of anilines is 2. The van der Waals surface area contributed by atoms with Gasteiger partial charge >= 0.3 is 0 Å². The maximum absolute atomic E-state index is 14.7. The van der Waals surface area contributed by atoms with Crippen molar-refractivity contribution in [1.82, 2.24) is 15.6 Å². The van der Waals surface area contributed by atoms with Gasteiger partial charge in [-0.15, -0.1) is 0 Å². The van der Waals surface area contributed by atoms with E-state index < -0.39 is 21.2 Å². The van der Waals surface area contributed by atoms with Crippen molar-refractivity contribution < 1.29 is 22.4 Å². The van der Waals surface area contributed by atoms with E-state index in [4.69, 9.17) is 0 Å². The maximum Gasteiger partial charge on any atom is 0.290 e. The molecule has 0 unspecified atom stereocenters. The first-order valence-electron chi connectivity index (χ1n) is 10.2. The molecule has 34 heavy (non-hydrogen) atoms. The number of aromatic nitrogens is 1. The van der Waals surface area contributed by atoms with E-state index in [1.165, 1.54) is 42.5 Å². The van der Waals surface area contributed by atoms with Crippen molar-refractivity contribution >= 4 is 71.4 Å². The first-order valence-corrected chi connectivity index (χ1v) is 13.3. The second-order valence-corrected chi connectivity index (χ2v) is 11.2. The van der Waals surface area contributed by atoms with Crippen LogP contribution in [0, 0.1) is 5.82 Å². The zero-order valence-electron chi connectivity index (χ0n) is 17.5. The predicted molar refractivity (Wildman–Crippen MR) is 131 cm³/mol. The number of piperazine rings is 1. The molecular formula is C21H18FN5O4S3. The molecular weight excluding hydrogens is 501 g/mol. The molecule has 9 nitrogen and oxygen atoms in total. The average Bonchev–Trinajstić information content (AvgIpc) is 3.35. The molecule has 5 rings (SSSR count). The van der Waals surface area contributed by atoms with Crippen molar-refractivity contribution in [1.29, 1.82) is 0 Å². The van der Waals surface area contributed by atoms with E-state index in [-0.39, 0.29) is 20.7 Å². The highest BCUT2D eigenvalue weighted by Crippen LogP contribution is 2.37. The third kappa shape index (κ3) is 4.51. The first-order chi connectivity index (χ1) is 16.3. The fourth-order valence-corrected chi connectivity index (χ4v) is 6.61. The molecule has 2 saturated heterocycles. The number of halogens is 1. The number of hydrogen-bond acceptors (Lipinski definition) is 9. The minimum atomic E-state index is -3.95. The third-order valence-corrected chi connectivity index (χ3v) is 8.56. The number of benzene rings is 2. The molecule has 13 heteroatoms. The fourth-order valence-electron chi connectivity index (χ4n) is 3.67. The summed E-state index contributed by atoms with van der Waals surface area (Å²) >= 11 is 1.87. The first kappa shape index (κ1) is 22.8. The van der Waals surface area contributed by atoms with Gasteiger partial charge in [-0.25, -0.2) is 17.8 Å². The van der Waals surface area contributed by atoms with E-state index in [0.717, 1.165) is 36.2 Å². The smallest absolute Gasteiger partial charge is 0.290 e. The Morgan fingerprint density at radius 2 is 1.82 bits per heavy atom. The zero-order chi connectivity index (χ0) is 23.9. The van der Waals surface area contributed by atoms with Gasteiger partial charge in [0.1, 0.15) is 5.82 Å². The van der Waals surface area contributed by atoms with Gasteiger partial charge in [-0.05, 0) is 47.7 Å². The number of carbonyl (C=O) groups is 2. The van der Waals surface area contributed by atoms with Crippen molar-refractivity contribution in [2.75, 3.05) is 35.8 Å². The number of fused-ring (bicyclic) bond motifs is 1. The molecule has 3 N–H and O–H groups in total. The Labute approximate surface area is 202 Å². The Kier molecular flexibility index (Phi) is 6.02. The lowest BCUT2D eigenvalue weighted by atomic mass is 10.2. The van der Waals surface area contributed by atoms with Crippen LogP contribution in [0.3, 0.4) is 0 Å². The minimum Gasteiger partial charge on any atom is -0.365 e. The summed E-state index contributed by atoms with van der Waals surface area (Å²) in [6.07, 6.45) is 1.51. The Hall–Kier alpha value is -3.00. The summed E-state index contributed by atoms with van der Waals surface area (Å²) in [4.78, 5) is 29.5. The Bertz CT molecular complexity index is 1430. The maximum atomic E-state index is 14.7. The van der Waals surface area contributed by atoms with Gasteiger partial charge in [0.05, 0.1) is 25.7 Å². The molecule has 2 aromatic carbocycles. The molecule has 0 radical (unpaired) electrons. The number of hydrogen-bond donors (Lipinski definition) is 3. The summed E-state index contributed by atoms with van der Waals surface area (Å²) in [6.45, 7) is 2.76. The molecule has 2 aliphatic rings. The molecule has 1 aromatic heterocycles. The van der Waals surface area contributed by atoms with Gasteiger partial charge in [-0.1, -0.05) is 23.5 Å². The quantitative estimate of drug-likeness (QED) is 0.440. The Morgan fingerprint density at radius 3 is 2.50 bits per heavy atom. The van der Waals surface area contributed by atoms with Gasteiger partial charge in [0, 0.05) is 26.2 Å². The molecule has 3 aromatic rings. The summed E-state index contributed by atoms with van der Waals surface area (Å²) in [5.74, 6) is -0.853. The van der Waals surface area contributed by atoms with Crippen molar-refractivity contribution in [2.45, 2.75) is 4.90 Å². The number of rotatable bonds is 5. The number of amides is 2. The highest BCUT2D eigenvalue weighted by molar-refractivity contribution is 8.18. The molecule has 2 fully saturated rings. The summed E-state index contributed by atoms with van der Waals surface area (Å²) in [7, 11) is -3.95. The van der Waals surface area contributed by atoms with E-state index in [1.807, 2.05) is 4.90 Å². The molecule has 0 bridgehead atoms. The molecule has 176 valence electrons. The second-order valence-electron chi connectivity index (χ2n) is 7.53. The molecule has 0 spiro atoms. The van der Waals surface area contributed by atoms with E-state index >= 15 is 0 Å². The Morgan fingerprint density at radius 1 is 1.09 bits per heavy atom. The highest BCUT2D eigenvalue weighted by Gasteiger charge is 2.25. The van der Waals surface area contributed by atoms with Crippen molar-refractivity contribution in [3.05, 3.63) is 52.7 Å². The largest absolute Gasteiger partial charge is 0.365 e. The lowest BCUT2D eigenvalue weighted by Crippen LogP contribution is -2.43. The van der Waals surface area contributed by atoms with E-state index in [2.05, 4.69) is 20.3 Å². The summed E-state index contributed by atoms with van der Waals surface area (Å²) in [5.41, 5.74) is 1.52. The summed E-state index contributed by atoms with van der Waals surface area (Å²) in [5, 5.41) is 5.08. The third-order valence-electron chi connectivity index (χ3n) is 5.27. The molecule has 0 aliphatic carbocycles. The fraction of sp³-hybridized carbons (Fsp3) is 0.190. The standard InChI is InChI=1S/C21H18FN5O4S3/c22-14-5-6-15-18(17(14)27-9-7-23-8-10-27)33-20(24-15)26-34(30,31)13-3-1-12(2-4-13)11-16-19(28)25-21(29)32-16/h1-6,11,23H,7-10H2,(H,24,26)(H,25,28,29)/b16-11-. The molecule has 2 amide bonds. The van der Waals surface area contributed by atoms with Crippen LogP contribution < -0.4 is 20.3 Å². The zero-order valence-corrected chi connectivity index (χ0v) is 19.9. The van der Waals surface area contributed by atoms with Crippen LogP contribution in [0.2, 0.25) is 0 Å². The Balaban J connectivity index is 1.39. The monoisotopic (exact) mass is 519 g/mol. The van der Waals surface area contributed by atoms with Gasteiger partial charge in [-0.3, -0.25) is 19.6 Å². The van der Waals surface area contributed by atoms with Crippen LogP contribution in [0.25, 0.3) is 16.3 Å². The van der Waals surface area contributed by atoms with Crippen LogP contribution in [-0.4, -0.2) is 50.7 Å². The number of nitrogens with zero attached hydrogens (tertiary/aromatic N) is 2. The number of thioether (sulfide) groups is 1. The number of thiazole rings is 1. The summed E-state index contributed by atoms with van der Waals surface area (Å²) in [6, 6.07) is 8.75. The highest BCUT2D eigenvalue weighted by atomic mass is 32.2. The van der Waals surface area contributed by atoms with Crippen molar-refractivity contribution in [3.63, 3.8) is 0 Å². The minimum absolute atomic E-state index is 0.00187. The van der Waals surface area contributed by atoms with Gasteiger partial charge in [0.25, 0.3) is 21.2 Å². The van der Waals surface area contributed by atoms with Crippen molar-refractivity contribution in [3.8, 4) is 0 Å². The van der Waals surface area contributed by atoms with E-state index in [0.29, 0.717) is 34.6 Å². The van der Waals surface area contributed by atoms with Gasteiger partial charge in [-0.2, -0.15) is 0 Å².